The van der Waals surface area contributed by atoms with Crippen LogP contribution in [0.1, 0.15) is 30.1 Å². The Hall–Kier alpha value is -2.25. The number of H-pyrrole nitrogens is 2. The fourth-order valence-electron chi connectivity index (χ4n) is 2.17. The number of imidazole rings is 1. The molecule has 1 heterocycles. The van der Waals surface area contributed by atoms with Gasteiger partial charge in [0, 0.05) is 12.1 Å². The smallest absolute Gasteiger partial charge is 0.330 e. The van der Waals surface area contributed by atoms with Gasteiger partial charge in [0.25, 0.3) is 5.91 Å². The third-order valence-electron chi connectivity index (χ3n) is 3.20. The van der Waals surface area contributed by atoms with Crippen LogP contribution in [0.15, 0.2) is 23.0 Å². The summed E-state index contributed by atoms with van der Waals surface area (Å²) >= 11 is 0. The number of hydrogen-bond acceptors (Lipinski definition) is 2. The van der Waals surface area contributed by atoms with E-state index in [0.717, 1.165) is 4.90 Å². The second kappa shape index (κ2) is 6.25. The minimum atomic E-state index is -4.45. The lowest BCUT2D eigenvalue weighted by molar-refractivity contribution is -0.140. The molecule has 1 aromatic carbocycles. The summed E-state index contributed by atoms with van der Waals surface area (Å²) in [6.45, 7) is 0.594. The summed E-state index contributed by atoms with van der Waals surface area (Å²) in [7, 11) is 0. The van der Waals surface area contributed by atoms with Gasteiger partial charge in [0.15, 0.2) is 0 Å². The van der Waals surface area contributed by atoms with Crippen molar-refractivity contribution < 1.29 is 18.0 Å². The summed E-state index contributed by atoms with van der Waals surface area (Å²) < 4.78 is 37.9. The quantitative estimate of drug-likeness (QED) is 0.890. The van der Waals surface area contributed by atoms with Crippen LogP contribution in [0.5, 0.6) is 0 Å². The minimum absolute atomic E-state index is 0.0382. The Morgan fingerprint density at radius 2 is 1.91 bits per heavy atom. The SMILES string of the molecule is CCCCN(CC(F)(F)F)C(=O)c1ccc2[nH]c(=O)[nH]c2c1. The third kappa shape index (κ3) is 3.90. The maximum absolute atomic E-state index is 12.6. The van der Waals surface area contributed by atoms with Gasteiger partial charge in [-0.15, -0.1) is 0 Å². The van der Waals surface area contributed by atoms with Gasteiger partial charge in [-0.3, -0.25) is 4.79 Å². The fourth-order valence-corrected chi connectivity index (χ4v) is 2.17. The number of nitrogens with one attached hydrogen (secondary N) is 2. The Balaban J connectivity index is 2.28. The van der Waals surface area contributed by atoms with Crippen LogP contribution in [0.2, 0.25) is 0 Å². The van der Waals surface area contributed by atoms with Crippen LogP contribution in [-0.2, 0) is 0 Å². The molecular formula is C14H16F3N3O2. The summed E-state index contributed by atoms with van der Waals surface area (Å²) in [6.07, 6.45) is -3.27. The van der Waals surface area contributed by atoms with Crippen LogP contribution in [0.4, 0.5) is 13.2 Å². The summed E-state index contributed by atoms with van der Waals surface area (Å²) in [5.41, 5.74) is 0.566. The van der Waals surface area contributed by atoms with Gasteiger partial charge >= 0.3 is 11.9 Å². The van der Waals surface area contributed by atoms with E-state index in [4.69, 9.17) is 0 Å². The van der Waals surface area contributed by atoms with E-state index in [9.17, 15) is 22.8 Å². The highest BCUT2D eigenvalue weighted by atomic mass is 19.4. The lowest BCUT2D eigenvalue weighted by Crippen LogP contribution is -2.39. The van der Waals surface area contributed by atoms with Crippen molar-refractivity contribution in [3.05, 3.63) is 34.2 Å². The molecular weight excluding hydrogens is 299 g/mol. The van der Waals surface area contributed by atoms with Crippen molar-refractivity contribution in [3.8, 4) is 0 Å². The number of hydrogen-bond donors (Lipinski definition) is 2. The maximum Gasteiger partial charge on any atom is 0.406 e. The number of carbonyl (C=O) groups is 1. The normalized spacial score (nSPS) is 11.8. The van der Waals surface area contributed by atoms with Gasteiger partial charge in [0.1, 0.15) is 6.54 Å². The lowest BCUT2D eigenvalue weighted by atomic mass is 10.1. The molecule has 0 unspecified atom stereocenters. The highest BCUT2D eigenvalue weighted by Gasteiger charge is 2.33. The zero-order chi connectivity index (χ0) is 16.3. The molecule has 2 N–H and O–H groups in total. The van der Waals surface area contributed by atoms with Crippen LogP contribution >= 0.6 is 0 Å². The van der Waals surface area contributed by atoms with Crippen LogP contribution < -0.4 is 5.69 Å². The molecule has 5 nitrogen and oxygen atoms in total. The first-order valence-electron chi connectivity index (χ1n) is 6.88. The Kier molecular flexibility index (Phi) is 4.58. The van der Waals surface area contributed by atoms with Crippen LogP contribution in [0.3, 0.4) is 0 Å². The van der Waals surface area contributed by atoms with E-state index in [1.807, 2.05) is 6.92 Å². The Bertz CT molecular complexity index is 718. The molecule has 0 radical (unpaired) electrons. The van der Waals surface area contributed by atoms with E-state index in [0.29, 0.717) is 23.9 Å². The summed E-state index contributed by atoms with van der Waals surface area (Å²) in [5.74, 6) is -0.699. The number of fused-ring (bicyclic) bond motifs is 1. The number of rotatable bonds is 5. The van der Waals surface area contributed by atoms with Crippen LogP contribution in [0, 0.1) is 0 Å². The molecule has 1 amide bonds. The van der Waals surface area contributed by atoms with E-state index < -0.39 is 24.3 Å². The number of unbranched alkanes of at least 4 members (excludes halogenated alkanes) is 1. The molecule has 2 aromatic rings. The Labute approximate surface area is 124 Å². The molecule has 0 bridgehead atoms. The molecule has 0 aliphatic carbocycles. The summed E-state index contributed by atoms with van der Waals surface area (Å²) in [6, 6.07) is 4.28. The average Bonchev–Trinajstić information content (AvgIpc) is 2.80. The second-order valence-corrected chi connectivity index (χ2v) is 5.03. The molecule has 1 aromatic heterocycles. The van der Waals surface area contributed by atoms with Crippen LogP contribution in [-0.4, -0.2) is 40.0 Å². The fraction of sp³-hybridized carbons (Fsp3) is 0.429. The number of aromatic nitrogens is 2. The highest BCUT2D eigenvalue weighted by molar-refractivity contribution is 5.97. The molecule has 22 heavy (non-hydrogen) atoms. The van der Waals surface area contributed by atoms with Gasteiger partial charge in [0.2, 0.25) is 0 Å². The monoisotopic (exact) mass is 315 g/mol. The van der Waals surface area contributed by atoms with Gasteiger partial charge in [-0.05, 0) is 24.6 Å². The van der Waals surface area contributed by atoms with Crippen molar-refractivity contribution >= 4 is 16.9 Å². The number of carbonyl (C=O) groups excluding carboxylic acids is 1. The molecule has 0 fully saturated rings. The first-order valence-corrected chi connectivity index (χ1v) is 6.88. The second-order valence-electron chi connectivity index (χ2n) is 5.03. The molecule has 0 aliphatic heterocycles. The van der Waals surface area contributed by atoms with Crippen molar-refractivity contribution in [2.45, 2.75) is 25.9 Å². The van der Waals surface area contributed by atoms with Gasteiger partial charge in [-0.1, -0.05) is 13.3 Å². The molecule has 8 heteroatoms. The molecule has 0 atom stereocenters. The van der Waals surface area contributed by atoms with E-state index in [-0.39, 0.29) is 12.1 Å². The van der Waals surface area contributed by atoms with Gasteiger partial charge in [-0.2, -0.15) is 13.2 Å². The summed E-state index contributed by atoms with van der Waals surface area (Å²) in [4.78, 5) is 29.3. The van der Waals surface area contributed by atoms with Crippen molar-refractivity contribution in [1.29, 1.82) is 0 Å². The lowest BCUT2D eigenvalue weighted by Gasteiger charge is -2.24. The van der Waals surface area contributed by atoms with Crippen molar-refractivity contribution in [2.75, 3.05) is 13.1 Å². The van der Waals surface area contributed by atoms with Crippen molar-refractivity contribution in [2.24, 2.45) is 0 Å². The number of nitrogens with zero attached hydrogens (tertiary/aromatic N) is 1. The molecule has 0 aliphatic rings. The first-order chi connectivity index (χ1) is 10.3. The highest BCUT2D eigenvalue weighted by Crippen LogP contribution is 2.19. The number of amides is 1. The first kappa shape index (κ1) is 16.1. The Morgan fingerprint density at radius 3 is 2.55 bits per heavy atom. The van der Waals surface area contributed by atoms with Crippen LogP contribution in [0.25, 0.3) is 11.0 Å². The predicted molar refractivity (Wildman–Crippen MR) is 75.8 cm³/mol. The molecule has 0 saturated carbocycles. The number of aromatic amines is 2. The van der Waals surface area contributed by atoms with E-state index in [1.165, 1.54) is 18.2 Å². The molecule has 0 spiro atoms. The summed E-state index contributed by atoms with van der Waals surface area (Å²) in [5, 5.41) is 0. The number of halogens is 3. The Morgan fingerprint density at radius 1 is 1.23 bits per heavy atom. The number of benzene rings is 1. The minimum Gasteiger partial charge on any atom is -0.330 e. The zero-order valence-corrected chi connectivity index (χ0v) is 12.0. The van der Waals surface area contributed by atoms with Crippen molar-refractivity contribution in [1.82, 2.24) is 14.9 Å². The van der Waals surface area contributed by atoms with Crippen molar-refractivity contribution in [3.63, 3.8) is 0 Å². The van der Waals surface area contributed by atoms with E-state index in [1.54, 1.807) is 0 Å². The average molecular weight is 315 g/mol. The number of alkyl halides is 3. The van der Waals surface area contributed by atoms with E-state index >= 15 is 0 Å². The largest absolute Gasteiger partial charge is 0.406 e. The van der Waals surface area contributed by atoms with Gasteiger partial charge in [-0.25, -0.2) is 4.79 Å². The van der Waals surface area contributed by atoms with Gasteiger partial charge < -0.3 is 14.9 Å². The third-order valence-corrected chi connectivity index (χ3v) is 3.20. The zero-order valence-electron chi connectivity index (χ0n) is 12.0. The maximum atomic E-state index is 12.6. The standard InChI is InChI=1S/C14H16F3N3O2/c1-2-3-6-20(8-14(15,16)17)12(21)9-4-5-10-11(7-9)19-13(22)18-10/h4-5,7H,2-3,6,8H2,1H3,(H2,18,19,22). The molecule has 0 saturated heterocycles. The predicted octanol–water partition coefficient (Wildman–Crippen LogP) is 2.66. The molecule has 2 rings (SSSR count). The topological polar surface area (TPSA) is 69.0 Å². The molecule has 120 valence electrons. The van der Waals surface area contributed by atoms with E-state index in [2.05, 4.69) is 9.97 Å². The van der Waals surface area contributed by atoms with Gasteiger partial charge in [0.05, 0.1) is 11.0 Å².